The molecule has 0 amide bonds. The zero-order valence-electron chi connectivity index (χ0n) is 15.6. The van der Waals surface area contributed by atoms with Crippen LogP contribution in [0.25, 0.3) is 0 Å². The molecule has 0 bridgehead atoms. The predicted molar refractivity (Wildman–Crippen MR) is 106 cm³/mol. The largest absolute Gasteiger partial charge is 0.385 e. The average Bonchev–Trinajstić information content (AvgIpc) is 3.13. The third-order valence-corrected chi connectivity index (χ3v) is 7.50. The number of nitrogens with one attached hydrogen (secondary N) is 3. The molecule has 1 aliphatic carbocycles. The SMILES string of the molecule is CCNC(=NCC1(CCOC)CCC1)NCCNS(=O)(=O)c1cccs1. The van der Waals surface area contributed by atoms with E-state index in [9.17, 15) is 8.42 Å². The van der Waals surface area contributed by atoms with Crippen LogP contribution in [0.15, 0.2) is 26.7 Å². The summed E-state index contributed by atoms with van der Waals surface area (Å²) in [6, 6.07) is 3.33. The number of hydrogen-bond donors (Lipinski definition) is 3. The van der Waals surface area contributed by atoms with Gasteiger partial charge in [0.2, 0.25) is 10.0 Å². The van der Waals surface area contributed by atoms with Crippen LogP contribution in [-0.4, -0.2) is 54.3 Å². The van der Waals surface area contributed by atoms with Gasteiger partial charge in [-0.1, -0.05) is 12.5 Å². The fourth-order valence-electron chi connectivity index (χ4n) is 2.92. The van der Waals surface area contributed by atoms with Gasteiger partial charge in [-0.25, -0.2) is 13.1 Å². The summed E-state index contributed by atoms with van der Waals surface area (Å²) in [6.07, 6.45) is 4.68. The molecule has 0 saturated heterocycles. The molecule has 1 aliphatic rings. The molecule has 1 saturated carbocycles. The molecule has 0 aromatic carbocycles. The average molecular weight is 403 g/mol. The fourth-order valence-corrected chi connectivity index (χ4v) is 4.99. The van der Waals surface area contributed by atoms with E-state index in [0.717, 1.165) is 32.1 Å². The van der Waals surface area contributed by atoms with E-state index in [1.165, 1.54) is 30.6 Å². The second-order valence-electron chi connectivity index (χ2n) is 6.55. The maximum Gasteiger partial charge on any atom is 0.250 e. The van der Waals surface area contributed by atoms with E-state index < -0.39 is 10.0 Å². The van der Waals surface area contributed by atoms with E-state index in [2.05, 4.69) is 15.4 Å². The Morgan fingerprint density at radius 2 is 2.15 bits per heavy atom. The van der Waals surface area contributed by atoms with Gasteiger partial charge >= 0.3 is 0 Å². The Balaban J connectivity index is 1.80. The summed E-state index contributed by atoms with van der Waals surface area (Å²) in [4.78, 5) is 4.71. The zero-order valence-corrected chi connectivity index (χ0v) is 17.2. The Labute approximate surface area is 160 Å². The summed E-state index contributed by atoms with van der Waals surface area (Å²) in [5.74, 6) is 0.728. The maximum absolute atomic E-state index is 12.1. The van der Waals surface area contributed by atoms with Crippen LogP contribution < -0.4 is 15.4 Å². The lowest BCUT2D eigenvalue weighted by molar-refractivity contribution is 0.0778. The van der Waals surface area contributed by atoms with Crippen molar-refractivity contribution in [2.24, 2.45) is 10.4 Å². The highest BCUT2D eigenvalue weighted by molar-refractivity contribution is 7.91. The second-order valence-corrected chi connectivity index (χ2v) is 9.49. The Hall–Kier alpha value is -1.16. The van der Waals surface area contributed by atoms with Crippen molar-refractivity contribution in [3.05, 3.63) is 17.5 Å². The molecule has 0 unspecified atom stereocenters. The second kappa shape index (κ2) is 10.2. The lowest BCUT2D eigenvalue weighted by atomic mass is 9.67. The summed E-state index contributed by atoms with van der Waals surface area (Å²) < 4.78 is 32.3. The van der Waals surface area contributed by atoms with Gasteiger partial charge in [0.1, 0.15) is 4.21 Å². The molecule has 9 heteroatoms. The van der Waals surface area contributed by atoms with Gasteiger partial charge in [-0.2, -0.15) is 0 Å². The van der Waals surface area contributed by atoms with Crippen LogP contribution in [0.3, 0.4) is 0 Å². The molecule has 3 N–H and O–H groups in total. The van der Waals surface area contributed by atoms with E-state index >= 15 is 0 Å². The van der Waals surface area contributed by atoms with Crippen LogP contribution in [0.4, 0.5) is 0 Å². The molecule has 2 rings (SSSR count). The standard InChI is InChI=1S/C17H30N4O3S2/c1-3-18-16(20-14-17(7-5-8-17)9-12-24-2)19-10-11-21-26(22,23)15-6-4-13-25-15/h4,6,13,21H,3,5,7-12,14H2,1-2H3,(H2,18,19,20). The zero-order chi connectivity index (χ0) is 18.9. The third kappa shape index (κ3) is 6.22. The predicted octanol–water partition coefficient (Wildman–Crippen LogP) is 1.79. The molecular weight excluding hydrogens is 372 g/mol. The van der Waals surface area contributed by atoms with Crippen molar-refractivity contribution < 1.29 is 13.2 Å². The van der Waals surface area contributed by atoms with Crippen LogP contribution >= 0.6 is 11.3 Å². The molecule has 148 valence electrons. The number of aliphatic imine (C=N–C) groups is 1. The maximum atomic E-state index is 12.1. The van der Waals surface area contributed by atoms with Gasteiger partial charge in [-0.15, -0.1) is 11.3 Å². The first-order valence-corrected chi connectivity index (χ1v) is 11.4. The topological polar surface area (TPSA) is 91.8 Å². The molecule has 1 heterocycles. The van der Waals surface area contributed by atoms with Crippen LogP contribution in [0.2, 0.25) is 0 Å². The molecule has 0 atom stereocenters. The van der Waals surface area contributed by atoms with Crippen molar-refractivity contribution in [3.63, 3.8) is 0 Å². The quantitative estimate of drug-likeness (QED) is 0.298. The minimum absolute atomic E-state index is 0.263. The first-order chi connectivity index (χ1) is 12.5. The summed E-state index contributed by atoms with van der Waals surface area (Å²) in [7, 11) is -1.68. The molecule has 1 fully saturated rings. The van der Waals surface area contributed by atoms with Gasteiger partial charge in [0.15, 0.2) is 5.96 Å². The van der Waals surface area contributed by atoms with Crippen LogP contribution in [0.1, 0.15) is 32.6 Å². The molecular formula is C17H30N4O3S2. The van der Waals surface area contributed by atoms with Crippen molar-refractivity contribution in [3.8, 4) is 0 Å². The molecule has 0 spiro atoms. The minimum Gasteiger partial charge on any atom is -0.385 e. The molecule has 1 aromatic rings. The number of nitrogens with zero attached hydrogens (tertiary/aromatic N) is 1. The van der Waals surface area contributed by atoms with Gasteiger partial charge in [0.25, 0.3) is 0 Å². The molecule has 0 radical (unpaired) electrons. The van der Waals surface area contributed by atoms with Gasteiger partial charge in [-0.05, 0) is 43.0 Å². The number of sulfonamides is 1. The van der Waals surface area contributed by atoms with Gasteiger partial charge in [0.05, 0.1) is 0 Å². The number of methoxy groups -OCH3 is 1. The first-order valence-electron chi connectivity index (χ1n) is 9.06. The monoisotopic (exact) mass is 402 g/mol. The minimum atomic E-state index is -3.41. The third-order valence-electron chi connectivity index (χ3n) is 4.64. The molecule has 1 aromatic heterocycles. The number of thiophene rings is 1. The molecule has 7 nitrogen and oxygen atoms in total. The highest BCUT2D eigenvalue weighted by Crippen LogP contribution is 2.44. The molecule has 0 aliphatic heterocycles. The van der Waals surface area contributed by atoms with Crippen LogP contribution in [0.5, 0.6) is 0 Å². The van der Waals surface area contributed by atoms with Gasteiger partial charge < -0.3 is 15.4 Å². The van der Waals surface area contributed by atoms with E-state index in [4.69, 9.17) is 9.73 Å². The van der Waals surface area contributed by atoms with E-state index in [0.29, 0.717) is 17.3 Å². The van der Waals surface area contributed by atoms with Crippen molar-refractivity contribution in [2.45, 2.75) is 36.8 Å². The van der Waals surface area contributed by atoms with Crippen LogP contribution in [-0.2, 0) is 14.8 Å². The number of ether oxygens (including phenoxy) is 1. The smallest absolute Gasteiger partial charge is 0.250 e. The number of guanidine groups is 1. The Morgan fingerprint density at radius 3 is 2.73 bits per heavy atom. The highest BCUT2D eigenvalue weighted by Gasteiger charge is 2.36. The normalized spacial score (nSPS) is 16.9. The van der Waals surface area contributed by atoms with E-state index in [1.807, 2.05) is 6.92 Å². The lowest BCUT2D eigenvalue weighted by Crippen LogP contribution is -2.43. The van der Waals surface area contributed by atoms with Crippen molar-refractivity contribution in [1.29, 1.82) is 0 Å². The van der Waals surface area contributed by atoms with E-state index in [1.54, 1.807) is 24.6 Å². The Bertz CT molecular complexity index is 656. The van der Waals surface area contributed by atoms with Crippen molar-refractivity contribution in [1.82, 2.24) is 15.4 Å². The summed E-state index contributed by atoms with van der Waals surface area (Å²) in [6.45, 7) is 5.09. The van der Waals surface area contributed by atoms with Crippen molar-refractivity contribution >= 4 is 27.3 Å². The van der Waals surface area contributed by atoms with Gasteiger partial charge in [0, 0.05) is 39.9 Å². The summed E-state index contributed by atoms with van der Waals surface area (Å²) >= 11 is 1.21. The van der Waals surface area contributed by atoms with E-state index in [-0.39, 0.29) is 5.41 Å². The van der Waals surface area contributed by atoms with Crippen LogP contribution in [0, 0.1) is 5.41 Å². The fraction of sp³-hybridized carbons (Fsp3) is 0.706. The highest BCUT2D eigenvalue weighted by atomic mass is 32.2. The summed E-state index contributed by atoms with van der Waals surface area (Å²) in [5, 5.41) is 8.17. The summed E-state index contributed by atoms with van der Waals surface area (Å²) in [5.41, 5.74) is 0.263. The van der Waals surface area contributed by atoms with Gasteiger partial charge in [-0.3, -0.25) is 4.99 Å². The Kier molecular flexibility index (Phi) is 8.33. The Morgan fingerprint density at radius 1 is 1.35 bits per heavy atom. The number of rotatable bonds is 11. The number of hydrogen-bond acceptors (Lipinski definition) is 5. The first kappa shape index (κ1) is 21.1. The molecule has 26 heavy (non-hydrogen) atoms. The van der Waals surface area contributed by atoms with Crippen molar-refractivity contribution in [2.75, 3.05) is 39.9 Å². The lowest BCUT2D eigenvalue weighted by Gasteiger charge is -2.40.